The number of primary amides is 1. The fourth-order valence-electron chi connectivity index (χ4n) is 5.73. The van der Waals surface area contributed by atoms with Crippen LogP contribution in [0.1, 0.15) is 43.7 Å². The lowest BCUT2D eigenvalue weighted by Gasteiger charge is -2.37. The first-order valence-corrected chi connectivity index (χ1v) is 13.9. The van der Waals surface area contributed by atoms with Gasteiger partial charge in [0.25, 0.3) is 0 Å². The number of hydrogen-bond acceptors (Lipinski definition) is 9. The van der Waals surface area contributed by atoms with E-state index in [2.05, 4.69) is 51.2 Å². The maximum Gasteiger partial charge on any atom is 0.229 e. The quantitative estimate of drug-likeness (QED) is 0.334. The van der Waals surface area contributed by atoms with E-state index in [9.17, 15) is 9.90 Å². The number of piperazine rings is 1. The van der Waals surface area contributed by atoms with Gasteiger partial charge in [-0.15, -0.1) is 0 Å². The monoisotopic (exact) mass is 537 g/mol. The number of rotatable bonds is 5. The van der Waals surface area contributed by atoms with Crippen molar-refractivity contribution in [2.45, 2.75) is 51.5 Å². The van der Waals surface area contributed by atoms with Crippen molar-refractivity contribution < 1.29 is 14.6 Å². The number of amides is 1. The summed E-state index contributed by atoms with van der Waals surface area (Å²) in [7, 11) is 3.90. The van der Waals surface area contributed by atoms with Crippen LogP contribution in [-0.4, -0.2) is 77.2 Å². The minimum absolute atomic E-state index is 0.0474. The van der Waals surface area contributed by atoms with E-state index < -0.39 is 0 Å². The van der Waals surface area contributed by atoms with Gasteiger partial charge in [0.1, 0.15) is 5.75 Å². The molecule has 39 heavy (non-hydrogen) atoms. The first-order valence-electron chi connectivity index (χ1n) is 13.9. The van der Waals surface area contributed by atoms with E-state index in [1.165, 1.54) is 23.7 Å². The number of aromatic hydroxyl groups is 1. The summed E-state index contributed by atoms with van der Waals surface area (Å²) in [5.41, 5.74) is 14.3. The van der Waals surface area contributed by atoms with Gasteiger partial charge in [-0.2, -0.15) is 4.98 Å². The second kappa shape index (κ2) is 13.1. The molecule has 3 aliphatic rings. The maximum absolute atomic E-state index is 10.7. The molecule has 2 aromatic rings. The highest BCUT2D eigenvalue weighted by Crippen LogP contribution is 2.37. The normalized spacial score (nSPS) is 23.6. The molecule has 10 nitrogen and oxygen atoms in total. The number of carbonyl (C=O) groups excluding carboxylic acids is 1. The van der Waals surface area contributed by atoms with Crippen molar-refractivity contribution in [3.63, 3.8) is 0 Å². The molecule has 1 saturated heterocycles. The second-order valence-corrected chi connectivity index (χ2v) is 10.9. The van der Waals surface area contributed by atoms with Crippen molar-refractivity contribution in [1.82, 2.24) is 19.8 Å². The summed E-state index contributed by atoms with van der Waals surface area (Å²) in [5, 5.41) is 12.7. The minimum atomic E-state index is -0.156. The van der Waals surface area contributed by atoms with Crippen molar-refractivity contribution in [3.05, 3.63) is 41.6 Å². The molecule has 1 unspecified atom stereocenters. The smallest absolute Gasteiger partial charge is 0.229 e. The molecular weight excluding hydrogens is 494 g/mol. The Hall–Kier alpha value is -3.37. The van der Waals surface area contributed by atoms with Gasteiger partial charge in [0.2, 0.25) is 11.9 Å². The average Bonchev–Trinajstić information content (AvgIpc) is 3.14. The van der Waals surface area contributed by atoms with Crippen molar-refractivity contribution >= 4 is 23.4 Å². The van der Waals surface area contributed by atoms with E-state index in [0.29, 0.717) is 17.9 Å². The molecule has 0 bridgehead atoms. The van der Waals surface area contributed by atoms with Crippen molar-refractivity contribution in [1.29, 1.82) is 0 Å². The Morgan fingerprint density at radius 3 is 2.64 bits per heavy atom. The Bertz CT molecular complexity index is 1160. The third-order valence-electron chi connectivity index (χ3n) is 8.02. The van der Waals surface area contributed by atoms with E-state index in [1.54, 1.807) is 7.11 Å². The number of methoxy groups -OCH3 is 1. The third kappa shape index (κ3) is 7.39. The summed E-state index contributed by atoms with van der Waals surface area (Å²) in [6.45, 7) is 6.68. The number of anilines is 3. The van der Waals surface area contributed by atoms with Gasteiger partial charge in [-0.05, 0) is 68.7 Å². The highest BCUT2D eigenvalue weighted by atomic mass is 16.5. The summed E-state index contributed by atoms with van der Waals surface area (Å²) < 4.78 is 5.80. The largest absolute Gasteiger partial charge is 0.503 e. The molecular formula is C29H43N7O3. The van der Waals surface area contributed by atoms with Crippen LogP contribution in [0, 0.1) is 11.8 Å². The molecule has 212 valence electrons. The van der Waals surface area contributed by atoms with Gasteiger partial charge >= 0.3 is 0 Å². The SMILES string of the molecule is COc1c(Nc2ncc(O)c(N)n2)ccc2c1CCCC(N1CCN(C)CC1)C2.C[C@@H]1C=CC[C@H](C(N)=O)C1. The molecule has 5 rings (SSSR count). The number of ether oxygens (including phenoxy) is 1. The fraction of sp³-hybridized carbons (Fsp3) is 0.552. The molecule has 0 spiro atoms. The first-order chi connectivity index (χ1) is 18.7. The van der Waals surface area contributed by atoms with Crippen molar-refractivity contribution in [2.24, 2.45) is 17.6 Å². The average molecular weight is 538 g/mol. The molecule has 3 atom stereocenters. The van der Waals surface area contributed by atoms with Crippen LogP contribution in [0.2, 0.25) is 0 Å². The first kappa shape index (κ1) is 28.6. The molecule has 10 heteroatoms. The van der Waals surface area contributed by atoms with E-state index >= 15 is 0 Å². The molecule has 1 aliphatic heterocycles. The summed E-state index contributed by atoms with van der Waals surface area (Å²) in [5.74, 6) is 1.55. The van der Waals surface area contributed by atoms with Crippen LogP contribution < -0.4 is 21.5 Å². The number of nitrogen functional groups attached to an aromatic ring is 1. The molecule has 1 aromatic carbocycles. The van der Waals surface area contributed by atoms with E-state index in [-0.39, 0.29) is 23.4 Å². The topological polar surface area (TPSA) is 143 Å². The lowest BCUT2D eigenvalue weighted by molar-refractivity contribution is -0.122. The van der Waals surface area contributed by atoms with Gasteiger partial charge in [0.05, 0.1) is 19.0 Å². The molecule has 6 N–H and O–H groups in total. The van der Waals surface area contributed by atoms with Crippen molar-refractivity contribution in [2.75, 3.05) is 51.4 Å². The van der Waals surface area contributed by atoms with Crippen LogP contribution in [0.5, 0.6) is 11.5 Å². The Morgan fingerprint density at radius 2 is 2.00 bits per heavy atom. The number of aromatic nitrogens is 2. The van der Waals surface area contributed by atoms with Crippen molar-refractivity contribution in [3.8, 4) is 11.5 Å². The molecule has 1 fully saturated rings. The maximum atomic E-state index is 10.7. The summed E-state index contributed by atoms with van der Waals surface area (Å²) in [6.07, 6.45) is 11.6. The van der Waals surface area contributed by atoms with Crippen LogP contribution >= 0.6 is 0 Å². The van der Waals surface area contributed by atoms with Crippen LogP contribution in [0.3, 0.4) is 0 Å². The van der Waals surface area contributed by atoms with Crippen LogP contribution in [0.4, 0.5) is 17.5 Å². The molecule has 2 heterocycles. The third-order valence-corrected chi connectivity index (χ3v) is 8.02. The summed E-state index contributed by atoms with van der Waals surface area (Å²) >= 11 is 0. The van der Waals surface area contributed by atoms with Crippen LogP contribution in [-0.2, 0) is 17.6 Å². The zero-order valence-electron chi connectivity index (χ0n) is 23.4. The number of nitrogens with zero attached hydrogens (tertiary/aromatic N) is 4. The number of hydrogen-bond donors (Lipinski definition) is 4. The van der Waals surface area contributed by atoms with E-state index in [4.69, 9.17) is 16.2 Å². The minimum Gasteiger partial charge on any atom is -0.503 e. The molecule has 1 amide bonds. The second-order valence-electron chi connectivity index (χ2n) is 10.9. The number of carbonyl (C=O) groups is 1. The highest BCUT2D eigenvalue weighted by molar-refractivity contribution is 5.77. The molecule has 0 radical (unpaired) electrons. The molecule has 0 saturated carbocycles. The number of allylic oxidation sites excluding steroid dienone is 2. The Labute approximate surface area is 231 Å². The standard InChI is InChI=1S/C21H30N6O2.C8H13NO/c1-26-8-10-27(11-9-26)15-4-3-5-16-14(12-15)6-7-17(19(16)29-2)24-21-23-13-18(28)20(22)25-21;1-6-3-2-4-7(5-6)8(9)10/h6-7,13,15,28H,3-5,8-12H2,1-2H3,(H3,22,23,24,25);2-3,6-7H,4-5H2,1H3,(H2,9,10)/t;6-,7+/m.1/s1. The number of likely N-dealkylation sites (N-methyl/N-ethyl adjacent to an activating group) is 1. The number of fused-ring (bicyclic) bond motifs is 1. The van der Waals surface area contributed by atoms with Gasteiger partial charge in [0.15, 0.2) is 11.6 Å². The summed E-state index contributed by atoms with van der Waals surface area (Å²) in [4.78, 5) is 23.9. The zero-order valence-corrected chi connectivity index (χ0v) is 23.4. The van der Waals surface area contributed by atoms with Crippen LogP contribution in [0.25, 0.3) is 0 Å². The van der Waals surface area contributed by atoms with E-state index in [1.807, 2.05) is 12.1 Å². The van der Waals surface area contributed by atoms with Gasteiger partial charge < -0.3 is 31.5 Å². The Kier molecular flexibility index (Phi) is 9.63. The number of nitrogens with one attached hydrogen (secondary N) is 1. The molecule has 2 aliphatic carbocycles. The van der Waals surface area contributed by atoms with Gasteiger partial charge in [-0.1, -0.05) is 25.1 Å². The zero-order chi connectivity index (χ0) is 27.9. The number of nitrogens with two attached hydrogens (primary N) is 2. The van der Waals surface area contributed by atoms with Gasteiger partial charge in [0, 0.05) is 38.1 Å². The Balaban J connectivity index is 0.000000298. The van der Waals surface area contributed by atoms with Gasteiger partial charge in [-0.3, -0.25) is 9.69 Å². The highest BCUT2D eigenvalue weighted by Gasteiger charge is 2.27. The summed E-state index contributed by atoms with van der Waals surface area (Å²) in [6, 6.07) is 4.81. The lowest BCUT2D eigenvalue weighted by Crippen LogP contribution is -2.49. The predicted molar refractivity (Wildman–Crippen MR) is 154 cm³/mol. The number of benzene rings is 1. The molecule has 1 aromatic heterocycles. The van der Waals surface area contributed by atoms with Gasteiger partial charge in [-0.25, -0.2) is 4.98 Å². The lowest BCUT2D eigenvalue weighted by atomic mass is 9.87. The van der Waals surface area contributed by atoms with Crippen LogP contribution in [0.15, 0.2) is 30.5 Å². The fourth-order valence-corrected chi connectivity index (χ4v) is 5.73. The predicted octanol–water partition coefficient (Wildman–Crippen LogP) is 3.09. The van der Waals surface area contributed by atoms with E-state index in [0.717, 1.165) is 69.7 Å². The Morgan fingerprint density at radius 1 is 1.23 bits per heavy atom.